The SMILES string of the molecule is CCCCOC(=O)C1=C(C)Nc2nc(SCc3ccccc3F)nn2C1c1ccc(OCCC)cc1. The maximum absolute atomic E-state index is 14.1. The standard InChI is InChI=1S/C27H31FN4O3S/c1-4-6-16-35-25(33)23-18(3)29-26-30-27(36-17-20-9-7-8-10-22(20)28)31-32(26)24(23)19-11-13-21(14-12-19)34-15-5-2/h7-14,24H,4-6,15-17H2,1-3H3,(H,29,30,31). The van der Waals surface area contributed by atoms with Crippen LogP contribution < -0.4 is 10.1 Å². The maximum Gasteiger partial charge on any atom is 0.338 e. The lowest BCUT2D eigenvalue weighted by atomic mass is 9.96. The Morgan fingerprint density at radius 2 is 1.89 bits per heavy atom. The monoisotopic (exact) mass is 510 g/mol. The van der Waals surface area contributed by atoms with E-state index in [0.29, 0.717) is 46.9 Å². The van der Waals surface area contributed by atoms with Gasteiger partial charge in [-0.15, -0.1) is 5.10 Å². The molecule has 4 rings (SSSR count). The largest absolute Gasteiger partial charge is 0.494 e. The number of carbonyl (C=O) groups is 1. The zero-order valence-electron chi connectivity index (χ0n) is 20.8. The normalized spacial score (nSPS) is 14.8. The molecule has 2 heterocycles. The highest BCUT2D eigenvalue weighted by Gasteiger charge is 2.35. The average molecular weight is 511 g/mol. The first-order valence-corrected chi connectivity index (χ1v) is 13.2. The van der Waals surface area contributed by atoms with Crippen LogP contribution in [0.1, 0.15) is 57.2 Å². The Kier molecular flexibility index (Phi) is 8.64. The van der Waals surface area contributed by atoms with Crippen LogP contribution in [-0.4, -0.2) is 33.9 Å². The van der Waals surface area contributed by atoms with Gasteiger partial charge in [-0.05, 0) is 49.1 Å². The Morgan fingerprint density at radius 3 is 2.61 bits per heavy atom. The molecule has 0 fully saturated rings. The highest BCUT2D eigenvalue weighted by atomic mass is 32.2. The predicted molar refractivity (Wildman–Crippen MR) is 139 cm³/mol. The number of hydrogen-bond acceptors (Lipinski definition) is 7. The molecular formula is C27H31FN4O3S. The van der Waals surface area contributed by atoms with Crippen molar-refractivity contribution in [2.45, 2.75) is 57.0 Å². The molecule has 0 saturated carbocycles. The van der Waals surface area contributed by atoms with Gasteiger partial charge in [0.15, 0.2) is 0 Å². The number of nitrogens with one attached hydrogen (secondary N) is 1. The summed E-state index contributed by atoms with van der Waals surface area (Å²) in [6.07, 6.45) is 2.65. The molecule has 0 aliphatic carbocycles. The molecule has 2 aromatic carbocycles. The molecule has 7 nitrogen and oxygen atoms in total. The summed E-state index contributed by atoms with van der Waals surface area (Å²) < 4.78 is 27.1. The zero-order valence-corrected chi connectivity index (χ0v) is 21.6. The van der Waals surface area contributed by atoms with Crippen LogP contribution in [0, 0.1) is 5.82 Å². The summed E-state index contributed by atoms with van der Waals surface area (Å²) >= 11 is 1.34. The van der Waals surface area contributed by atoms with E-state index in [1.807, 2.05) is 38.1 Å². The van der Waals surface area contributed by atoms with E-state index in [1.165, 1.54) is 17.8 Å². The number of anilines is 1. The number of thioether (sulfide) groups is 1. The maximum atomic E-state index is 14.1. The molecular weight excluding hydrogens is 479 g/mol. The minimum atomic E-state index is -0.522. The van der Waals surface area contributed by atoms with Crippen molar-refractivity contribution in [3.63, 3.8) is 0 Å². The van der Waals surface area contributed by atoms with Crippen LogP contribution in [0.5, 0.6) is 5.75 Å². The number of halogens is 1. The summed E-state index contributed by atoms with van der Waals surface area (Å²) in [5.41, 5.74) is 2.59. The fraction of sp³-hybridized carbons (Fsp3) is 0.370. The lowest BCUT2D eigenvalue weighted by Crippen LogP contribution is -2.29. The number of hydrogen-bond donors (Lipinski definition) is 1. The molecule has 1 aliphatic heterocycles. The van der Waals surface area contributed by atoms with Gasteiger partial charge in [-0.25, -0.2) is 13.9 Å². The number of aromatic nitrogens is 3. The molecule has 1 aromatic heterocycles. The van der Waals surface area contributed by atoms with Gasteiger partial charge in [-0.3, -0.25) is 0 Å². The minimum Gasteiger partial charge on any atom is -0.494 e. The number of carbonyl (C=O) groups excluding carboxylic acids is 1. The molecule has 0 saturated heterocycles. The molecule has 9 heteroatoms. The second-order valence-corrected chi connectivity index (χ2v) is 9.46. The molecule has 0 radical (unpaired) electrons. The number of esters is 1. The van der Waals surface area contributed by atoms with E-state index in [9.17, 15) is 9.18 Å². The Labute approximate surface area is 215 Å². The minimum absolute atomic E-state index is 0.259. The smallest absolute Gasteiger partial charge is 0.338 e. The van der Waals surface area contributed by atoms with Gasteiger partial charge in [0.2, 0.25) is 11.1 Å². The van der Waals surface area contributed by atoms with Crippen LogP contribution in [0.3, 0.4) is 0 Å². The molecule has 0 spiro atoms. The average Bonchev–Trinajstić information content (AvgIpc) is 3.29. The van der Waals surface area contributed by atoms with Crippen LogP contribution in [-0.2, 0) is 15.3 Å². The second-order valence-electron chi connectivity index (χ2n) is 8.52. The number of allylic oxidation sites excluding steroid dienone is 1. The van der Waals surface area contributed by atoms with E-state index < -0.39 is 6.04 Å². The number of rotatable bonds is 11. The van der Waals surface area contributed by atoms with E-state index in [2.05, 4.69) is 17.2 Å². The Morgan fingerprint density at radius 1 is 1.11 bits per heavy atom. The lowest BCUT2D eigenvalue weighted by molar-refractivity contribution is -0.139. The Bertz CT molecular complexity index is 1230. The van der Waals surface area contributed by atoms with Gasteiger partial charge < -0.3 is 14.8 Å². The third-order valence-electron chi connectivity index (χ3n) is 5.77. The Hall–Kier alpha value is -3.33. The van der Waals surface area contributed by atoms with Gasteiger partial charge in [-0.2, -0.15) is 4.98 Å². The number of ether oxygens (including phenoxy) is 2. The fourth-order valence-electron chi connectivity index (χ4n) is 3.88. The summed E-state index contributed by atoms with van der Waals surface area (Å²) in [5.74, 6) is 1.03. The van der Waals surface area contributed by atoms with Crippen LogP contribution in [0.25, 0.3) is 0 Å². The van der Waals surface area contributed by atoms with Crippen LogP contribution in [0.15, 0.2) is 65.0 Å². The molecule has 1 unspecified atom stereocenters. The van der Waals surface area contributed by atoms with Crippen molar-refractivity contribution >= 4 is 23.7 Å². The van der Waals surface area contributed by atoms with Crippen LogP contribution >= 0.6 is 11.8 Å². The second kappa shape index (κ2) is 12.1. The molecule has 190 valence electrons. The number of nitrogens with zero attached hydrogens (tertiary/aromatic N) is 3. The molecule has 1 atom stereocenters. The lowest BCUT2D eigenvalue weighted by Gasteiger charge is -2.28. The van der Waals surface area contributed by atoms with Crippen molar-refractivity contribution in [2.75, 3.05) is 18.5 Å². The zero-order chi connectivity index (χ0) is 25.5. The number of unbranched alkanes of at least 4 members (excludes halogenated alkanes) is 1. The quantitative estimate of drug-likeness (QED) is 0.189. The van der Waals surface area contributed by atoms with E-state index >= 15 is 0 Å². The van der Waals surface area contributed by atoms with Gasteiger partial charge in [0, 0.05) is 11.4 Å². The van der Waals surface area contributed by atoms with E-state index in [4.69, 9.17) is 14.6 Å². The fourth-order valence-corrected chi connectivity index (χ4v) is 4.69. The van der Waals surface area contributed by atoms with Crippen molar-refractivity contribution in [1.82, 2.24) is 14.8 Å². The molecule has 3 aromatic rings. The van der Waals surface area contributed by atoms with Crippen molar-refractivity contribution in [3.8, 4) is 5.75 Å². The van der Waals surface area contributed by atoms with E-state index in [-0.39, 0.29) is 11.8 Å². The third-order valence-corrected chi connectivity index (χ3v) is 6.65. The summed E-state index contributed by atoms with van der Waals surface area (Å²) in [6, 6.07) is 13.8. The third kappa shape index (κ3) is 5.90. The first kappa shape index (κ1) is 25.8. The number of benzene rings is 2. The van der Waals surface area contributed by atoms with Gasteiger partial charge >= 0.3 is 5.97 Å². The van der Waals surface area contributed by atoms with E-state index in [1.54, 1.807) is 22.9 Å². The van der Waals surface area contributed by atoms with Crippen LogP contribution in [0.4, 0.5) is 10.3 Å². The molecule has 1 aliphatic rings. The van der Waals surface area contributed by atoms with Crippen LogP contribution in [0.2, 0.25) is 0 Å². The molecule has 1 N–H and O–H groups in total. The van der Waals surface area contributed by atoms with Gasteiger partial charge in [0.1, 0.15) is 17.6 Å². The molecule has 0 amide bonds. The van der Waals surface area contributed by atoms with Gasteiger partial charge in [0.05, 0.1) is 18.8 Å². The van der Waals surface area contributed by atoms with Gasteiger partial charge in [-0.1, -0.05) is 62.4 Å². The first-order chi connectivity index (χ1) is 17.5. The highest BCUT2D eigenvalue weighted by molar-refractivity contribution is 7.98. The van der Waals surface area contributed by atoms with Crippen molar-refractivity contribution < 1.29 is 18.7 Å². The van der Waals surface area contributed by atoms with Gasteiger partial charge in [0.25, 0.3) is 0 Å². The summed E-state index contributed by atoms with van der Waals surface area (Å²) in [7, 11) is 0. The number of fused-ring (bicyclic) bond motifs is 1. The van der Waals surface area contributed by atoms with Crippen molar-refractivity contribution in [2.24, 2.45) is 0 Å². The van der Waals surface area contributed by atoms with E-state index in [0.717, 1.165) is 30.6 Å². The summed E-state index contributed by atoms with van der Waals surface area (Å²) in [5, 5.41) is 8.39. The highest BCUT2D eigenvalue weighted by Crippen LogP contribution is 2.37. The van der Waals surface area contributed by atoms with Crippen molar-refractivity contribution in [3.05, 3.63) is 76.7 Å². The molecule has 0 bridgehead atoms. The molecule has 36 heavy (non-hydrogen) atoms. The summed E-state index contributed by atoms with van der Waals surface area (Å²) in [4.78, 5) is 17.8. The summed E-state index contributed by atoms with van der Waals surface area (Å²) in [6.45, 7) is 6.94. The Balaban J connectivity index is 1.65. The first-order valence-electron chi connectivity index (χ1n) is 12.2. The van der Waals surface area contributed by atoms with Crippen molar-refractivity contribution in [1.29, 1.82) is 0 Å². The predicted octanol–water partition coefficient (Wildman–Crippen LogP) is 6.13. The topological polar surface area (TPSA) is 78.3 Å².